The van der Waals surface area contributed by atoms with Gasteiger partial charge in [0.1, 0.15) is 5.82 Å². The van der Waals surface area contributed by atoms with Gasteiger partial charge in [-0.2, -0.15) is 0 Å². The molecule has 0 aromatic heterocycles. The van der Waals surface area contributed by atoms with E-state index in [0.29, 0.717) is 30.6 Å². The summed E-state index contributed by atoms with van der Waals surface area (Å²) < 4.78 is 12.9. The third-order valence-corrected chi connectivity index (χ3v) is 3.30. The smallest absolute Gasteiger partial charge is 0.254 e. The number of nitrogens with one attached hydrogen (secondary N) is 1. The molecule has 0 fully saturated rings. The van der Waals surface area contributed by atoms with Crippen LogP contribution in [0.25, 0.3) is 0 Å². The molecular formula is C16H19FN2O2. The summed E-state index contributed by atoms with van der Waals surface area (Å²) in [6, 6.07) is 5.59. The molecule has 21 heavy (non-hydrogen) atoms. The quantitative estimate of drug-likeness (QED) is 0.927. The lowest BCUT2D eigenvalue weighted by Gasteiger charge is -2.26. The third kappa shape index (κ3) is 3.90. The van der Waals surface area contributed by atoms with Gasteiger partial charge >= 0.3 is 0 Å². The van der Waals surface area contributed by atoms with Crippen molar-refractivity contribution in [2.75, 3.05) is 13.1 Å². The predicted octanol–water partition coefficient (Wildman–Crippen LogP) is 2.12. The second kappa shape index (κ2) is 6.52. The Morgan fingerprint density at radius 2 is 1.90 bits per heavy atom. The van der Waals surface area contributed by atoms with E-state index in [2.05, 4.69) is 5.32 Å². The first-order valence-electron chi connectivity index (χ1n) is 7.02. The molecule has 1 aromatic rings. The van der Waals surface area contributed by atoms with Crippen molar-refractivity contribution >= 4 is 11.8 Å². The van der Waals surface area contributed by atoms with Gasteiger partial charge in [0.15, 0.2) is 0 Å². The Morgan fingerprint density at radius 3 is 2.43 bits per heavy atom. The zero-order valence-corrected chi connectivity index (χ0v) is 12.2. The van der Waals surface area contributed by atoms with Crippen LogP contribution in [0.3, 0.4) is 0 Å². The highest BCUT2D eigenvalue weighted by molar-refractivity contribution is 5.96. The van der Waals surface area contributed by atoms with E-state index >= 15 is 0 Å². The van der Waals surface area contributed by atoms with E-state index in [4.69, 9.17) is 0 Å². The summed E-state index contributed by atoms with van der Waals surface area (Å²) in [4.78, 5) is 25.8. The maximum atomic E-state index is 12.9. The van der Waals surface area contributed by atoms with Gasteiger partial charge in [0.05, 0.1) is 0 Å². The van der Waals surface area contributed by atoms with Crippen molar-refractivity contribution in [3.05, 3.63) is 47.3 Å². The average molecular weight is 290 g/mol. The SMILES string of the molecule is CC(C)NC(=O)C1=CCN(C(=O)c2ccc(F)cc2)CC1. The molecule has 1 N–H and O–H groups in total. The van der Waals surface area contributed by atoms with Gasteiger partial charge in [-0.05, 0) is 44.5 Å². The summed E-state index contributed by atoms with van der Waals surface area (Å²) in [6.45, 7) is 4.71. The van der Waals surface area contributed by atoms with Crippen LogP contribution in [0.1, 0.15) is 30.6 Å². The lowest BCUT2D eigenvalue weighted by atomic mass is 10.1. The lowest BCUT2D eigenvalue weighted by molar-refractivity contribution is -0.118. The molecule has 0 bridgehead atoms. The zero-order valence-electron chi connectivity index (χ0n) is 12.2. The fourth-order valence-electron chi connectivity index (χ4n) is 2.19. The number of carbonyl (C=O) groups excluding carboxylic acids is 2. The molecule has 0 spiro atoms. The minimum Gasteiger partial charge on any atom is -0.350 e. The van der Waals surface area contributed by atoms with Gasteiger partial charge < -0.3 is 10.2 Å². The number of benzene rings is 1. The molecule has 112 valence electrons. The molecule has 1 aliphatic rings. The fourth-order valence-corrected chi connectivity index (χ4v) is 2.19. The molecule has 2 rings (SSSR count). The zero-order chi connectivity index (χ0) is 15.4. The van der Waals surface area contributed by atoms with Gasteiger partial charge in [-0.25, -0.2) is 4.39 Å². The number of hydrogen-bond acceptors (Lipinski definition) is 2. The number of amides is 2. The molecule has 1 heterocycles. The van der Waals surface area contributed by atoms with Gasteiger partial charge in [-0.3, -0.25) is 9.59 Å². The molecule has 1 aromatic carbocycles. The second-order valence-corrected chi connectivity index (χ2v) is 5.37. The van der Waals surface area contributed by atoms with Crippen LogP contribution in [0.15, 0.2) is 35.9 Å². The molecular weight excluding hydrogens is 271 g/mol. The second-order valence-electron chi connectivity index (χ2n) is 5.37. The van der Waals surface area contributed by atoms with Crippen molar-refractivity contribution in [2.45, 2.75) is 26.3 Å². The van der Waals surface area contributed by atoms with E-state index in [1.54, 1.807) is 11.0 Å². The van der Waals surface area contributed by atoms with Crippen LogP contribution in [0.2, 0.25) is 0 Å². The topological polar surface area (TPSA) is 49.4 Å². The molecule has 1 aliphatic heterocycles. The Kier molecular flexibility index (Phi) is 4.73. The summed E-state index contributed by atoms with van der Waals surface area (Å²) in [5.41, 5.74) is 1.17. The average Bonchev–Trinajstić information content (AvgIpc) is 2.47. The van der Waals surface area contributed by atoms with Crippen molar-refractivity contribution in [3.63, 3.8) is 0 Å². The predicted molar refractivity (Wildman–Crippen MR) is 78.3 cm³/mol. The first-order chi connectivity index (χ1) is 9.97. The van der Waals surface area contributed by atoms with Gasteiger partial charge in [0.2, 0.25) is 5.91 Å². The maximum absolute atomic E-state index is 12.9. The van der Waals surface area contributed by atoms with Crippen LogP contribution in [0.5, 0.6) is 0 Å². The van der Waals surface area contributed by atoms with Gasteiger partial charge in [-0.1, -0.05) is 6.08 Å². The highest BCUT2D eigenvalue weighted by Gasteiger charge is 2.21. The molecule has 0 radical (unpaired) electrons. The fraction of sp³-hybridized carbons (Fsp3) is 0.375. The molecule has 0 saturated heterocycles. The summed E-state index contributed by atoms with van der Waals surface area (Å²) in [6.07, 6.45) is 2.31. The number of carbonyl (C=O) groups is 2. The summed E-state index contributed by atoms with van der Waals surface area (Å²) in [5.74, 6) is -0.578. The van der Waals surface area contributed by atoms with Crippen LogP contribution in [0.4, 0.5) is 4.39 Å². The monoisotopic (exact) mass is 290 g/mol. The van der Waals surface area contributed by atoms with Crippen molar-refractivity contribution < 1.29 is 14.0 Å². The molecule has 0 aliphatic carbocycles. The van der Waals surface area contributed by atoms with E-state index in [0.717, 1.165) is 0 Å². The van der Waals surface area contributed by atoms with E-state index in [-0.39, 0.29) is 23.7 Å². The van der Waals surface area contributed by atoms with Crippen LogP contribution in [-0.2, 0) is 4.79 Å². The maximum Gasteiger partial charge on any atom is 0.254 e. The summed E-state index contributed by atoms with van der Waals surface area (Å²) >= 11 is 0. The highest BCUT2D eigenvalue weighted by Crippen LogP contribution is 2.14. The summed E-state index contributed by atoms with van der Waals surface area (Å²) in [7, 11) is 0. The summed E-state index contributed by atoms with van der Waals surface area (Å²) in [5, 5.41) is 2.84. The van der Waals surface area contributed by atoms with Gasteiger partial charge in [0.25, 0.3) is 5.91 Å². The molecule has 4 nitrogen and oxygen atoms in total. The largest absolute Gasteiger partial charge is 0.350 e. The number of nitrogens with zero attached hydrogens (tertiary/aromatic N) is 1. The van der Waals surface area contributed by atoms with Crippen LogP contribution < -0.4 is 5.32 Å². The van der Waals surface area contributed by atoms with Crippen molar-refractivity contribution in [3.8, 4) is 0 Å². The number of hydrogen-bond donors (Lipinski definition) is 1. The van der Waals surface area contributed by atoms with Crippen LogP contribution in [-0.4, -0.2) is 35.8 Å². The molecule has 5 heteroatoms. The van der Waals surface area contributed by atoms with Gasteiger partial charge in [0, 0.05) is 30.3 Å². The van der Waals surface area contributed by atoms with Crippen molar-refractivity contribution in [1.29, 1.82) is 0 Å². The Balaban J connectivity index is 1.99. The standard InChI is InChI=1S/C16H19FN2O2/c1-11(2)18-15(20)12-7-9-19(10-8-12)16(21)13-3-5-14(17)6-4-13/h3-7,11H,8-10H2,1-2H3,(H,18,20). The first kappa shape index (κ1) is 15.2. The third-order valence-electron chi connectivity index (χ3n) is 3.30. The Morgan fingerprint density at radius 1 is 1.24 bits per heavy atom. The highest BCUT2D eigenvalue weighted by atomic mass is 19.1. The minimum atomic E-state index is -0.363. The first-order valence-corrected chi connectivity index (χ1v) is 7.02. The van der Waals surface area contributed by atoms with E-state index in [1.165, 1.54) is 24.3 Å². The van der Waals surface area contributed by atoms with E-state index in [1.807, 2.05) is 13.8 Å². The van der Waals surface area contributed by atoms with Crippen LogP contribution in [0, 0.1) is 5.82 Å². The Hall–Kier alpha value is -2.17. The minimum absolute atomic E-state index is 0.0705. The molecule has 0 saturated carbocycles. The van der Waals surface area contributed by atoms with E-state index < -0.39 is 0 Å². The molecule has 0 atom stereocenters. The lowest BCUT2D eigenvalue weighted by Crippen LogP contribution is -2.38. The van der Waals surface area contributed by atoms with E-state index in [9.17, 15) is 14.0 Å². The van der Waals surface area contributed by atoms with Crippen molar-refractivity contribution in [2.24, 2.45) is 0 Å². The van der Waals surface area contributed by atoms with Gasteiger partial charge in [-0.15, -0.1) is 0 Å². The molecule has 0 unspecified atom stereocenters. The molecule has 2 amide bonds. The van der Waals surface area contributed by atoms with Crippen molar-refractivity contribution in [1.82, 2.24) is 10.2 Å². The normalized spacial score (nSPS) is 14.9. The number of halogens is 1. The number of rotatable bonds is 3. The Bertz CT molecular complexity index is 564. The van der Waals surface area contributed by atoms with Crippen LogP contribution >= 0.6 is 0 Å². The Labute approximate surface area is 123 Å².